The van der Waals surface area contributed by atoms with E-state index in [1.54, 1.807) is 30.3 Å². The molecule has 156 valence electrons. The third kappa shape index (κ3) is 4.56. The van der Waals surface area contributed by atoms with E-state index in [1.165, 1.54) is 20.8 Å². The van der Waals surface area contributed by atoms with Crippen molar-refractivity contribution in [2.75, 3.05) is 6.61 Å². The van der Waals surface area contributed by atoms with Gasteiger partial charge in [-0.3, -0.25) is 14.4 Å². The first kappa shape index (κ1) is 20.8. The van der Waals surface area contributed by atoms with E-state index in [0.717, 1.165) is 0 Å². The summed E-state index contributed by atoms with van der Waals surface area (Å²) >= 11 is 0. The van der Waals surface area contributed by atoms with E-state index >= 15 is 0 Å². The zero-order valence-electron chi connectivity index (χ0n) is 16.3. The molecule has 0 radical (unpaired) electrons. The molecular formula is C20H22O9. The molecule has 9 nitrogen and oxygen atoms in total. The summed E-state index contributed by atoms with van der Waals surface area (Å²) in [6.07, 6.45) is -2.96. The van der Waals surface area contributed by atoms with Gasteiger partial charge in [-0.25, -0.2) is 4.79 Å². The number of carbonyl (C=O) groups is 4. The number of rotatable bonds is 6. The number of hydrogen-bond acceptors (Lipinski definition) is 9. The van der Waals surface area contributed by atoms with E-state index in [4.69, 9.17) is 23.7 Å². The maximum Gasteiger partial charge on any atom is 0.338 e. The highest BCUT2D eigenvalue weighted by Gasteiger charge is 2.73. The highest BCUT2D eigenvalue weighted by Crippen LogP contribution is 2.57. The van der Waals surface area contributed by atoms with Gasteiger partial charge in [0, 0.05) is 26.7 Å². The van der Waals surface area contributed by atoms with E-state index < -0.39 is 48.0 Å². The van der Waals surface area contributed by atoms with Crippen molar-refractivity contribution < 1.29 is 42.9 Å². The van der Waals surface area contributed by atoms with Crippen molar-refractivity contribution in [1.29, 1.82) is 0 Å². The highest BCUT2D eigenvalue weighted by atomic mass is 16.8. The topological polar surface area (TPSA) is 114 Å². The largest absolute Gasteiger partial charge is 0.462 e. The van der Waals surface area contributed by atoms with E-state index in [0.29, 0.717) is 12.0 Å². The van der Waals surface area contributed by atoms with E-state index in [1.807, 2.05) is 0 Å². The smallest absolute Gasteiger partial charge is 0.338 e. The second-order valence-electron chi connectivity index (χ2n) is 7.02. The molecule has 1 saturated heterocycles. The lowest BCUT2D eigenvalue weighted by Gasteiger charge is -2.23. The maximum atomic E-state index is 12.2. The summed E-state index contributed by atoms with van der Waals surface area (Å²) in [7, 11) is 0. The lowest BCUT2D eigenvalue weighted by Crippen LogP contribution is -2.42. The maximum absolute atomic E-state index is 12.2. The lowest BCUT2D eigenvalue weighted by atomic mass is 10.1. The van der Waals surface area contributed by atoms with Crippen molar-refractivity contribution in [2.45, 2.75) is 51.3 Å². The minimum Gasteiger partial charge on any atom is -0.462 e. The van der Waals surface area contributed by atoms with E-state index in [2.05, 4.69) is 0 Å². The van der Waals surface area contributed by atoms with Gasteiger partial charge in [-0.05, 0) is 18.6 Å². The predicted octanol–water partition coefficient (Wildman–Crippen LogP) is 1.38. The number of esters is 4. The number of benzene rings is 1. The molecule has 9 heteroatoms. The first-order valence-corrected chi connectivity index (χ1v) is 9.14. The highest BCUT2D eigenvalue weighted by molar-refractivity contribution is 5.89. The molecule has 0 N–H and O–H groups in total. The van der Waals surface area contributed by atoms with Gasteiger partial charge in [-0.1, -0.05) is 18.2 Å². The normalized spacial score (nSPS) is 29.8. The number of hydrogen-bond donors (Lipinski definition) is 0. The first-order valence-electron chi connectivity index (χ1n) is 9.14. The Morgan fingerprint density at radius 1 is 0.966 bits per heavy atom. The lowest BCUT2D eigenvalue weighted by molar-refractivity contribution is -0.197. The average Bonchev–Trinajstić information content (AvgIpc) is 3.28. The monoisotopic (exact) mass is 406 g/mol. The minimum absolute atomic E-state index is 0.00503. The van der Waals surface area contributed by atoms with Crippen molar-refractivity contribution in [3.05, 3.63) is 35.9 Å². The number of carbonyl (C=O) groups excluding carboxylic acids is 4. The minimum atomic E-state index is -1.23. The van der Waals surface area contributed by atoms with Crippen LogP contribution in [0.1, 0.15) is 37.6 Å². The Morgan fingerprint density at radius 2 is 1.59 bits per heavy atom. The van der Waals surface area contributed by atoms with Crippen LogP contribution in [0.5, 0.6) is 0 Å². The Morgan fingerprint density at radius 3 is 2.17 bits per heavy atom. The van der Waals surface area contributed by atoms with Crippen molar-refractivity contribution in [2.24, 2.45) is 5.92 Å². The van der Waals surface area contributed by atoms with Crippen LogP contribution in [0, 0.1) is 5.92 Å². The molecule has 3 rings (SSSR count). The van der Waals surface area contributed by atoms with Crippen LogP contribution in [0.25, 0.3) is 0 Å². The molecule has 29 heavy (non-hydrogen) atoms. The van der Waals surface area contributed by atoms with Gasteiger partial charge >= 0.3 is 23.9 Å². The van der Waals surface area contributed by atoms with Crippen molar-refractivity contribution in [3.63, 3.8) is 0 Å². The van der Waals surface area contributed by atoms with Crippen LogP contribution in [-0.4, -0.2) is 54.6 Å². The number of ether oxygens (including phenoxy) is 5. The van der Waals surface area contributed by atoms with Crippen molar-refractivity contribution in [1.82, 2.24) is 0 Å². The summed E-state index contributed by atoms with van der Waals surface area (Å²) in [4.78, 5) is 46.7. The quantitative estimate of drug-likeness (QED) is 0.510. The van der Waals surface area contributed by atoms with Crippen LogP contribution in [-0.2, 0) is 38.1 Å². The van der Waals surface area contributed by atoms with Crippen LogP contribution in [0.2, 0.25) is 0 Å². The summed E-state index contributed by atoms with van der Waals surface area (Å²) < 4.78 is 26.9. The van der Waals surface area contributed by atoms with Crippen LogP contribution in [0.15, 0.2) is 30.3 Å². The van der Waals surface area contributed by atoms with Crippen molar-refractivity contribution in [3.8, 4) is 0 Å². The summed E-state index contributed by atoms with van der Waals surface area (Å²) in [5.41, 5.74) is -0.662. The van der Waals surface area contributed by atoms with Crippen LogP contribution in [0.4, 0.5) is 0 Å². The Bertz CT molecular complexity index is 805. The molecule has 0 amide bonds. The van der Waals surface area contributed by atoms with Crippen LogP contribution >= 0.6 is 0 Å². The fourth-order valence-corrected chi connectivity index (χ4v) is 3.53. The third-order valence-electron chi connectivity index (χ3n) is 4.78. The molecular weight excluding hydrogens is 384 g/mol. The second-order valence-corrected chi connectivity index (χ2v) is 7.02. The molecule has 1 aliphatic heterocycles. The zero-order valence-corrected chi connectivity index (χ0v) is 16.3. The van der Waals surface area contributed by atoms with Crippen LogP contribution < -0.4 is 0 Å². The SMILES string of the molecule is CC(=O)OC1OC2(CC2COC(=O)c2ccccc2)C(OC(C)=O)C1OC(C)=O. The van der Waals surface area contributed by atoms with Gasteiger partial charge in [-0.15, -0.1) is 0 Å². The van der Waals surface area contributed by atoms with Gasteiger partial charge < -0.3 is 23.7 Å². The molecule has 5 atom stereocenters. The average molecular weight is 406 g/mol. The van der Waals surface area contributed by atoms with E-state index in [-0.39, 0.29) is 12.5 Å². The first-order chi connectivity index (χ1) is 13.7. The van der Waals surface area contributed by atoms with Crippen LogP contribution in [0.3, 0.4) is 0 Å². The molecule has 1 saturated carbocycles. The summed E-state index contributed by atoms with van der Waals surface area (Å²) in [6, 6.07) is 8.49. The van der Waals surface area contributed by atoms with E-state index in [9.17, 15) is 19.2 Å². The molecule has 5 unspecified atom stereocenters. The van der Waals surface area contributed by atoms with Gasteiger partial charge in [0.1, 0.15) is 5.60 Å². The van der Waals surface area contributed by atoms with Crippen molar-refractivity contribution >= 4 is 23.9 Å². The Kier molecular flexibility index (Phi) is 5.88. The standard InChI is InChI=1S/C20H22O9/c1-11(21)26-16-17(27-12(2)22)20(29-19(16)28-13(3)23)9-15(20)10-25-18(24)14-7-5-4-6-8-14/h4-8,15-17,19H,9-10H2,1-3H3. The molecule has 2 aliphatic rings. The molecule has 0 aromatic heterocycles. The van der Waals surface area contributed by atoms with Gasteiger partial charge in [0.05, 0.1) is 12.2 Å². The fourth-order valence-electron chi connectivity index (χ4n) is 3.53. The zero-order chi connectivity index (χ0) is 21.2. The summed E-state index contributed by atoms with van der Waals surface area (Å²) in [6.45, 7) is 3.59. The molecule has 1 spiro atoms. The Balaban J connectivity index is 1.73. The molecule has 1 aliphatic carbocycles. The molecule has 1 heterocycles. The predicted molar refractivity (Wildman–Crippen MR) is 95.3 cm³/mol. The molecule has 1 aromatic carbocycles. The molecule has 0 bridgehead atoms. The molecule has 2 fully saturated rings. The molecule has 1 aromatic rings. The van der Waals surface area contributed by atoms with Gasteiger partial charge in [0.15, 0.2) is 6.10 Å². The second kappa shape index (κ2) is 8.20. The summed E-state index contributed by atoms with van der Waals surface area (Å²) in [5.74, 6) is -2.71. The van der Waals surface area contributed by atoms with Gasteiger partial charge in [0.25, 0.3) is 0 Å². The van der Waals surface area contributed by atoms with Gasteiger partial charge in [-0.2, -0.15) is 0 Å². The summed E-state index contributed by atoms with van der Waals surface area (Å²) in [5, 5.41) is 0. The Labute approximate surface area is 167 Å². The Hall–Kier alpha value is -2.94. The fraction of sp³-hybridized carbons (Fsp3) is 0.500. The van der Waals surface area contributed by atoms with Gasteiger partial charge in [0.2, 0.25) is 12.4 Å². The third-order valence-corrected chi connectivity index (χ3v) is 4.78.